The van der Waals surface area contributed by atoms with Crippen LogP contribution in [0.4, 0.5) is 0 Å². The lowest BCUT2D eigenvalue weighted by atomic mass is 10.2. The monoisotopic (exact) mass is 326 g/mol. The van der Waals surface area contributed by atoms with Crippen molar-refractivity contribution in [1.82, 2.24) is 19.2 Å². The van der Waals surface area contributed by atoms with E-state index in [1.165, 1.54) is 13.5 Å². The number of β-amino-alcohol motifs (C(OH)–C–C–N with tert-alkyl or cyclic N) is 1. The molecule has 1 fully saturated rings. The number of nitrogens with zero attached hydrogens (tertiary/aromatic N) is 4. The Balaban J connectivity index is 1.81. The fourth-order valence-corrected chi connectivity index (χ4v) is 3.60. The normalized spacial score (nSPS) is 25.7. The molecule has 0 saturated carbocycles. The molecule has 1 aromatic rings. The summed E-state index contributed by atoms with van der Waals surface area (Å²) in [6, 6.07) is -0.427. The lowest BCUT2D eigenvalue weighted by molar-refractivity contribution is -0.146. The molecule has 0 spiro atoms. The van der Waals surface area contributed by atoms with Gasteiger partial charge in [0.2, 0.25) is 0 Å². The highest BCUT2D eigenvalue weighted by Crippen LogP contribution is 2.21. The lowest BCUT2D eigenvalue weighted by Crippen LogP contribution is -2.38. The zero-order valence-corrected chi connectivity index (χ0v) is 13.6. The second-order valence-electron chi connectivity index (χ2n) is 6.00. The molecule has 0 amide bonds. The second kappa shape index (κ2) is 6.47. The summed E-state index contributed by atoms with van der Waals surface area (Å²) in [7, 11) is 1.37. The van der Waals surface area contributed by atoms with Crippen molar-refractivity contribution in [3.8, 4) is 0 Å². The Morgan fingerprint density at radius 3 is 3.05 bits per heavy atom. The van der Waals surface area contributed by atoms with Gasteiger partial charge in [-0.25, -0.2) is 4.68 Å². The summed E-state index contributed by atoms with van der Waals surface area (Å²) in [5.74, 6) is 0.709. The van der Waals surface area contributed by atoms with Gasteiger partial charge in [0.15, 0.2) is 4.77 Å². The Bertz CT molecular complexity index is 612. The van der Waals surface area contributed by atoms with Gasteiger partial charge in [-0.15, -0.1) is 0 Å². The minimum atomic E-state index is -0.515. The quantitative estimate of drug-likeness (QED) is 0.651. The van der Waals surface area contributed by atoms with E-state index in [-0.39, 0.29) is 5.97 Å². The minimum absolute atomic E-state index is 0.316. The highest BCUT2D eigenvalue weighted by molar-refractivity contribution is 7.71. The molecule has 2 aliphatic rings. The molecule has 22 heavy (non-hydrogen) atoms. The first-order chi connectivity index (χ1) is 10.6. The number of fused-ring (bicyclic) bond motifs is 1. The molecule has 0 aromatic carbocycles. The minimum Gasteiger partial charge on any atom is -0.468 e. The van der Waals surface area contributed by atoms with Crippen molar-refractivity contribution in [2.24, 2.45) is 0 Å². The average Bonchev–Trinajstić information content (AvgIpc) is 2.90. The highest BCUT2D eigenvalue weighted by atomic mass is 32.1. The van der Waals surface area contributed by atoms with Crippen molar-refractivity contribution < 1.29 is 14.6 Å². The Labute approximate surface area is 134 Å². The first kappa shape index (κ1) is 15.6. The molecular formula is C14H22N4O3S. The van der Waals surface area contributed by atoms with E-state index in [1.807, 2.05) is 4.90 Å². The van der Waals surface area contributed by atoms with Crippen LogP contribution in [-0.2, 0) is 29.2 Å². The summed E-state index contributed by atoms with van der Waals surface area (Å²) in [5, 5.41) is 14.5. The molecule has 0 unspecified atom stereocenters. The number of hydrogen-bond acceptors (Lipinski definition) is 6. The van der Waals surface area contributed by atoms with Crippen LogP contribution in [0.1, 0.15) is 31.5 Å². The molecule has 1 saturated heterocycles. The number of aryl methyl sites for hydroxylation is 1. The van der Waals surface area contributed by atoms with Crippen LogP contribution in [0.15, 0.2) is 0 Å². The number of likely N-dealkylation sites (tertiary alicyclic amines) is 1. The molecular weight excluding hydrogens is 304 g/mol. The number of hydrogen-bond donors (Lipinski definition) is 1. The van der Waals surface area contributed by atoms with Crippen LogP contribution >= 0.6 is 12.2 Å². The van der Waals surface area contributed by atoms with E-state index in [0.29, 0.717) is 24.4 Å². The van der Waals surface area contributed by atoms with Crippen molar-refractivity contribution in [3.63, 3.8) is 0 Å². The van der Waals surface area contributed by atoms with Crippen molar-refractivity contribution in [2.75, 3.05) is 13.7 Å². The van der Waals surface area contributed by atoms with E-state index in [0.717, 1.165) is 31.6 Å². The average molecular weight is 326 g/mol. The Hall–Kier alpha value is -1.25. The Kier molecular flexibility index (Phi) is 4.60. The van der Waals surface area contributed by atoms with Crippen LogP contribution in [0, 0.1) is 4.77 Å². The van der Waals surface area contributed by atoms with Gasteiger partial charge in [-0.1, -0.05) is 6.42 Å². The molecule has 1 aromatic heterocycles. The van der Waals surface area contributed by atoms with Crippen LogP contribution in [-0.4, -0.2) is 56.1 Å². The number of aliphatic hydroxyl groups excluding tert-OH is 1. The van der Waals surface area contributed by atoms with E-state index in [1.54, 1.807) is 4.68 Å². The first-order valence-corrected chi connectivity index (χ1v) is 8.17. The molecule has 7 nitrogen and oxygen atoms in total. The number of carbonyl (C=O) groups is 1. The highest BCUT2D eigenvalue weighted by Gasteiger charge is 2.37. The Morgan fingerprint density at radius 1 is 1.45 bits per heavy atom. The second-order valence-corrected chi connectivity index (χ2v) is 6.37. The van der Waals surface area contributed by atoms with Crippen molar-refractivity contribution in [2.45, 2.75) is 57.5 Å². The zero-order chi connectivity index (χ0) is 15.7. The summed E-state index contributed by atoms with van der Waals surface area (Å²) in [5.41, 5.74) is 0. The van der Waals surface area contributed by atoms with E-state index < -0.39 is 12.1 Å². The standard InChI is InChI=1S/C14H22N4O3S/c1-21-13(20)11-7-10(19)8-16(11)9-18-14(22)17-6-4-2-3-5-12(17)15-18/h10-11,19H,2-9H2,1H3/t10-,11+/m1/s1. The number of aromatic nitrogens is 3. The van der Waals surface area contributed by atoms with E-state index >= 15 is 0 Å². The molecule has 0 bridgehead atoms. The van der Waals surface area contributed by atoms with Gasteiger partial charge in [0.25, 0.3) is 0 Å². The molecule has 3 rings (SSSR count). The number of rotatable bonds is 3. The number of esters is 1. The summed E-state index contributed by atoms with van der Waals surface area (Å²) in [4.78, 5) is 13.7. The van der Waals surface area contributed by atoms with Gasteiger partial charge in [-0.05, 0) is 25.1 Å². The van der Waals surface area contributed by atoms with Crippen LogP contribution < -0.4 is 0 Å². The molecule has 8 heteroatoms. The lowest BCUT2D eigenvalue weighted by Gasteiger charge is -2.21. The molecule has 3 heterocycles. The fourth-order valence-electron chi connectivity index (χ4n) is 3.31. The smallest absolute Gasteiger partial charge is 0.323 e. The van der Waals surface area contributed by atoms with Crippen LogP contribution in [0.2, 0.25) is 0 Å². The number of aliphatic hydroxyl groups is 1. The maximum atomic E-state index is 11.8. The zero-order valence-electron chi connectivity index (χ0n) is 12.8. The molecule has 2 atom stereocenters. The van der Waals surface area contributed by atoms with Crippen LogP contribution in [0.3, 0.4) is 0 Å². The van der Waals surface area contributed by atoms with E-state index in [2.05, 4.69) is 9.67 Å². The molecule has 2 aliphatic heterocycles. The summed E-state index contributed by atoms with van der Waals surface area (Å²) < 4.78 is 9.39. The number of ether oxygens (including phenoxy) is 1. The summed E-state index contributed by atoms with van der Waals surface area (Å²) >= 11 is 5.53. The van der Waals surface area contributed by atoms with E-state index in [4.69, 9.17) is 17.0 Å². The van der Waals surface area contributed by atoms with Gasteiger partial charge in [0.1, 0.15) is 11.9 Å². The number of methoxy groups -OCH3 is 1. The van der Waals surface area contributed by atoms with Gasteiger partial charge >= 0.3 is 5.97 Å². The SMILES string of the molecule is COC(=O)[C@@H]1C[C@@H](O)CN1Cn1nc2n(c1=S)CCCCC2. The van der Waals surface area contributed by atoms with Gasteiger partial charge in [-0.2, -0.15) is 5.10 Å². The largest absolute Gasteiger partial charge is 0.468 e. The molecule has 0 radical (unpaired) electrons. The maximum absolute atomic E-state index is 11.8. The van der Waals surface area contributed by atoms with Crippen LogP contribution in [0.5, 0.6) is 0 Å². The predicted octanol–water partition coefficient (Wildman–Crippen LogP) is 0.706. The summed E-state index contributed by atoms with van der Waals surface area (Å²) in [6.45, 7) is 1.76. The Morgan fingerprint density at radius 2 is 2.27 bits per heavy atom. The van der Waals surface area contributed by atoms with Gasteiger partial charge in [0, 0.05) is 25.9 Å². The maximum Gasteiger partial charge on any atom is 0.323 e. The first-order valence-electron chi connectivity index (χ1n) is 7.76. The van der Waals surface area contributed by atoms with Crippen molar-refractivity contribution in [1.29, 1.82) is 0 Å². The third-order valence-electron chi connectivity index (χ3n) is 4.45. The third kappa shape index (κ3) is 2.95. The topological polar surface area (TPSA) is 72.5 Å². The van der Waals surface area contributed by atoms with Crippen molar-refractivity contribution >= 4 is 18.2 Å². The van der Waals surface area contributed by atoms with E-state index in [9.17, 15) is 9.90 Å². The molecule has 1 N–H and O–H groups in total. The van der Waals surface area contributed by atoms with Gasteiger partial charge < -0.3 is 14.4 Å². The van der Waals surface area contributed by atoms with Crippen molar-refractivity contribution in [3.05, 3.63) is 10.6 Å². The number of carbonyl (C=O) groups excluding carboxylic acids is 1. The predicted molar refractivity (Wildman–Crippen MR) is 81.7 cm³/mol. The van der Waals surface area contributed by atoms with Gasteiger partial charge in [0.05, 0.1) is 19.9 Å². The van der Waals surface area contributed by atoms with Crippen LogP contribution in [0.25, 0.3) is 0 Å². The fraction of sp³-hybridized carbons (Fsp3) is 0.786. The van der Waals surface area contributed by atoms with Gasteiger partial charge in [-0.3, -0.25) is 9.69 Å². The molecule has 122 valence electrons. The third-order valence-corrected chi connectivity index (χ3v) is 4.88. The molecule has 0 aliphatic carbocycles. The summed E-state index contributed by atoms with van der Waals surface area (Å²) in [6.07, 6.45) is 4.30.